The van der Waals surface area contributed by atoms with Crippen molar-refractivity contribution in [3.63, 3.8) is 0 Å². The van der Waals surface area contributed by atoms with Crippen molar-refractivity contribution in [2.24, 2.45) is 0 Å². The summed E-state index contributed by atoms with van der Waals surface area (Å²) in [4.78, 5) is 54.3. The zero-order chi connectivity index (χ0) is 25.9. The van der Waals surface area contributed by atoms with Gasteiger partial charge in [0.15, 0.2) is 5.82 Å². The number of piperazine rings is 1. The number of hydrogen-bond acceptors (Lipinski definition) is 9. The molecule has 2 aliphatic rings. The molecule has 4 rings (SSSR count). The lowest BCUT2D eigenvalue weighted by atomic mass is 9.92. The van der Waals surface area contributed by atoms with E-state index in [4.69, 9.17) is 9.26 Å². The highest BCUT2D eigenvalue weighted by molar-refractivity contribution is 6.08. The summed E-state index contributed by atoms with van der Waals surface area (Å²) in [6.45, 7) is 5.77. The zero-order valence-electron chi connectivity index (χ0n) is 20.4. The van der Waals surface area contributed by atoms with Crippen LogP contribution in [-0.4, -0.2) is 90.1 Å². The molecule has 0 saturated carbocycles. The molecule has 1 atom stereocenters. The van der Waals surface area contributed by atoms with E-state index in [0.717, 1.165) is 0 Å². The first-order valence-electron chi connectivity index (χ1n) is 11.5. The Hall–Kier alpha value is -3.97. The van der Waals surface area contributed by atoms with E-state index < -0.39 is 23.4 Å². The van der Waals surface area contributed by atoms with Gasteiger partial charge in [-0.1, -0.05) is 17.3 Å². The average molecular weight is 500 g/mol. The fourth-order valence-electron chi connectivity index (χ4n) is 4.15. The highest BCUT2D eigenvalue weighted by atomic mass is 16.5. The largest absolute Gasteiger partial charge is 0.497 e. The van der Waals surface area contributed by atoms with Gasteiger partial charge in [-0.3, -0.25) is 29.6 Å². The number of methoxy groups -OCH3 is 1. The van der Waals surface area contributed by atoms with Crippen LogP contribution in [0, 0.1) is 6.92 Å². The summed E-state index contributed by atoms with van der Waals surface area (Å²) in [5, 5.41) is 9.79. The Kier molecular flexibility index (Phi) is 7.22. The van der Waals surface area contributed by atoms with Crippen LogP contribution in [0.25, 0.3) is 0 Å². The Morgan fingerprint density at radius 3 is 2.39 bits per heavy atom. The van der Waals surface area contributed by atoms with Crippen LogP contribution in [0.1, 0.15) is 18.2 Å². The first-order chi connectivity index (χ1) is 17.2. The molecule has 2 aromatic rings. The second kappa shape index (κ2) is 10.3. The number of benzene rings is 1. The zero-order valence-corrected chi connectivity index (χ0v) is 20.4. The number of aryl methyl sites for hydroxylation is 1. The van der Waals surface area contributed by atoms with Gasteiger partial charge >= 0.3 is 6.03 Å². The Bertz CT molecular complexity index is 1160. The van der Waals surface area contributed by atoms with E-state index in [1.807, 2.05) is 9.80 Å². The molecule has 2 aliphatic heterocycles. The molecular formula is C23H29N7O6. The fraction of sp³-hybridized carbons (Fsp3) is 0.435. The number of amides is 5. The maximum absolute atomic E-state index is 13.1. The lowest BCUT2D eigenvalue weighted by molar-refractivity contribution is -0.139. The third kappa shape index (κ3) is 5.47. The predicted octanol–water partition coefficient (Wildman–Crippen LogP) is 0.0461. The van der Waals surface area contributed by atoms with Crippen molar-refractivity contribution in [2.45, 2.75) is 19.4 Å². The number of ether oxygens (including phenoxy) is 1. The van der Waals surface area contributed by atoms with Gasteiger partial charge in [-0.25, -0.2) is 4.79 Å². The third-order valence-electron chi connectivity index (χ3n) is 6.17. The van der Waals surface area contributed by atoms with Crippen LogP contribution in [0.3, 0.4) is 0 Å². The smallest absolute Gasteiger partial charge is 0.344 e. The lowest BCUT2D eigenvalue weighted by Crippen LogP contribution is -2.54. The fourth-order valence-corrected chi connectivity index (χ4v) is 4.15. The minimum Gasteiger partial charge on any atom is -0.497 e. The molecule has 1 aromatic carbocycles. The second-order valence-corrected chi connectivity index (χ2v) is 8.89. The van der Waals surface area contributed by atoms with Gasteiger partial charge < -0.3 is 19.9 Å². The minimum atomic E-state index is -1.34. The number of carbonyl (C=O) groups is 4. The minimum absolute atomic E-state index is 0.00515. The molecular weight excluding hydrogens is 470 g/mol. The van der Waals surface area contributed by atoms with Gasteiger partial charge in [0.2, 0.25) is 5.91 Å². The number of imide groups is 1. The maximum Gasteiger partial charge on any atom is 0.344 e. The Morgan fingerprint density at radius 1 is 1.11 bits per heavy atom. The number of nitrogens with zero attached hydrogens (tertiary/aromatic N) is 4. The summed E-state index contributed by atoms with van der Waals surface area (Å²) in [6.07, 6.45) is 0. The molecule has 2 fully saturated rings. The van der Waals surface area contributed by atoms with Gasteiger partial charge in [0, 0.05) is 32.2 Å². The maximum atomic E-state index is 13.1. The van der Waals surface area contributed by atoms with Crippen LogP contribution < -0.4 is 20.8 Å². The van der Waals surface area contributed by atoms with E-state index in [2.05, 4.69) is 21.2 Å². The number of aromatic nitrogens is 1. The molecule has 1 aromatic heterocycles. The van der Waals surface area contributed by atoms with E-state index in [1.165, 1.54) is 7.11 Å². The molecule has 0 bridgehead atoms. The quantitative estimate of drug-likeness (QED) is 0.428. The van der Waals surface area contributed by atoms with Crippen LogP contribution in [0.15, 0.2) is 34.9 Å². The van der Waals surface area contributed by atoms with Crippen molar-refractivity contribution in [3.05, 3.63) is 41.7 Å². The van der Waals surface area contributed by atoms with Crippen LogP contribution >= 0.6 is 0 Å². The van der Waals surface area contributed by atoms with E-state index in [9.17, 15) is 19.2 Å². The molecule has 13 heteroatoms. The number of rotatable bonds is 8. The normalized spacial score (nSPS) is 20.8. The monoisotopic (exact) mass is 499 g/mol. The van der Waals surface area contributed by atoms with Crippen molar-refractivity contribution in [1.82, 2.24) is 30.7 Å². The van der Waals surface area contributed by atoms with Crippen LogP contribution in [0.5, 0.6) is 5.75 Å². The number of anilines is 1. The van der Waals surface area contributed by atoms with Crippen LogP contribution in [-0.2, 0) is 19.9 Å². The molecule has 2 saturated heterocycles. The van der Waals surface area contributed by atoms with E-state index in [1.54, 1.807) is 44.2 Å². The highest BCUT2D eigenvalue weighted by Crippen LogP contribution is 2.30. The van der Waals surface area contributed by atoms with E-state index in [-0.39, 0.29) is 19.0 Å². The number of hydrazine groups is 1. The van der Waals surface area contributed by atoms with Crippen molar-refractivity contribution >= 4 is 29.6 Å². The molecule has 36 heavy (non-hydrogen) atoms. The Labute approximate surface area is 207 Å². The Morgan fingerprint density at radius 2 is 1.78 bits per heavy atom. The molecule has 1 unspecified atom stereocenters. The molecule has 0 spiro atoms. The van der Waals surface area contributed by atoms with Gasteiger partial charge in [-0.05, 0) is 31.5 Å². The number of nitrogens with one attached hydrogen (secondary N) is 3. The van der Waals surface area contributed by atoms with E-state index in [0.29, 0.717) is 54.1 Å². The Balaban J connectivity index is 1.25. The lowest BCUT2D eigenvalue weighted by Gasteiger charge is -2.33. The highest BCUT2D eigenvalue weighted by Gasteiger charge is 2.50. The molecule has 3 heterocycles. The van der Waals surface area contributed by atoms with E-state index >= 15 is 0 Å². The van der Waals surface area contributed by atoms with Gasteiger partial charge in [0.25, 0.3) is 11.8 Å². The molecule has 0 aliphatic carbocycles. The SMILES string of the molecule is COc1cccc(C2(C)NC(=O)N(NC(=O)CN3CCN(CC(=O)Nc4cc(C)on4)CC3)C2=O)c1. The first kappa shape index (κ1) is 25.1. The topological polar surface area (TPSA) is 149 Å². The molecule has 3 N–H and O–H groups in total. The van der Waals surface area contributed by atoms with Crippen LogP contribution in [0.2, 0.25) is 0 Å². The van der Waals surface area contributed by atoms with Gasteiger partial charge in [0.05, 0.1) is 20.2 Å². The summed E-state index contributed by atoms with van der Waals surface area (Å²) in [5.41, 5.74) is 1.62. The van der Waals surface area contributed by atoms with Gasteiger partial charge in [-0.2, -0.15) is 5.01 Å². The predicted molar refractivity (Wildman–Crippen MR) is 127 cm³/mol. The van der Waals surface area contributed by atoms with Crippen LogP contribution in [0.4, 0.5) is 10.6 Å². The van der Waals surface area contributed by atoms with Crippen molar-refractivity contribution in [1.29, 1.82) is 0 Å². The van der Waals surface area contributed by atoms with Gasteiger partial charge in [0.1, 0.15) is 17.0 Å². The molecule has 13 nitrogen and oxygen atoms in total. The van der Waals surface area contributed by atoms with Crippen molar-refractivity contribution in [3.8, 4) is 5.75 Å². The molecule has 0 radical (unpaired) electrons. The number of urea groups is 1. The van der Waals surface area contributed by atoms with Crippen molar-refractivity contribution < 1.29 is 28.4 Å². The third-order valence-corrected chi connectivity index (χ3v) is 6.17. The standard InChI is InChI=1S/C23H29N7O6/c1-15-11-18(27-36-15)24-19(31)13-28-7-9-29(10-8-28)14-20(32)26-30-21(33)23(2,25-22(30)34)16-5-4-6-17(12-16)35-3/h4-6,11-12H,7-10,13-14H2,1-3H3,(H,25,34)(H,26,32)(H,24,27,31). The summed E-state index contributed by atoms with van der Waals surface area (Å²) in [6, 6.07) is 7.75. The molecule has 5 amide bonds. The first-order valence-corrected chi connectivity index (χ1v) is 11.5. The van der Waals surface area contributed by atoms with Crippen molar-refractivity contribution in [2.75, 3.05) is 51.7 Å². The number of carbonyl (C=O) groups excluding carboxylic acids is 4. The summed E-state index contributed by atoms with van der Waals surface area (Å²) in [5.74, 6) is 0.245. The second-order valence-electron chi connectivity index (χ2n) is 8.89. The summed E-state index contributed by atoms with van der Waals surface area (Å²) in [7, 11) is 1.51. The average Bonchev–Trinajstić information content (AvgIpc) is 3.35. The number of hydrogen-bond donors (Lipinski definition) is 3. The summed E-state index contributed by atoms with van der Waals surface area (Å²) >= 11 is 0. The van der Waals surface area contributed by atoms with Gasteiger partial charge in [-0.15, -0.1) is 0 Å². The summed E-state index contributed by atoms with van der Waals surface area (Å²) < 4.78 is 10.1. The molecule has 192 valence electrons.